The number of carbonyl (C=O) groups excluding carboxylic acids is 1. The van der Waals surface area contributed by atoms with Crippen LogP contribution in [-0.4, -0.2) is 32.9 Å². The fourth-order valence-corrected chi connectivity index (χ4v) is 8.51. The predicted molar refractivity (Wildman–Crippen MR) is 109 cm³/mol. The Balaban J connectivity index is 1.73. The van der Waals surface area contributed by atoms with Gasteiger partial charge in [-0.15, -0.1) is 0 Å². The van der Waals surface area contributed by atoms with E-state index < -0.39 is 17.2 Å². The molecule has 5 nitrogen and oxygen atoms in total. The van der Waals surface area contributed by atoms with E-state index in [2.05, 4.69) is 20.8 Å². The van der Waals surface area contributed by atoms with E-state index in [0.717, 1.165) is 32.1 Å². The number of carboxylic acid groups (broad SMARTS) is 1. The maximum Gasteiger partial charge on any atom is 0.304 e. The second-order valence-corrected chi connectivity index (χ2v) is 11.1. The summed E-state index contributed by atoms with van der Waals surface area (Å²) < 4.78 is 0. The molecule has 0 saturated heterocycles. The van der Waals surface area contributed by atoms with E-state index in [9.17, 15) is 24.9 Å². The van der Waals surface area contributed by atoms with Gasteiger partial charge in [0.2, 0.25) is 0 Å². The third-order valence-electron chi connectivity index (χ3n) is 9.96. The molecule has 0 amide bonds. The average molecular weight is 405 g/mol. The van der Waals surface area contributed by atoms with Gasteiger partial charge in [0.1, 0.15) is 5.78 Å². The third kappa shape index (κ3) is 2.79. The van der Waals surface area contributed by atoms with E-state index in [1.807, 2.05) is 0 Å². The summed E-state index contributed by atoms with van der Waals surface area (Å²) in [6.45, 7) is 8.28. The van der Waals surface area contributed by atoms with Gasteiger partial charge < -0.3 is 15.3 Å². The molecule has 4 aliphatic carbocycles. The number of hydrogen-bond acceptors (Lipinski definition) is 4. The van der Waals surface area contributed by atoms with Crippen LogP contribution in [0.3, 0.4) is 0 Å². The van der Waals surface area contributed by atoms with Crippen molar-refractivity contribution in [2.45, 2.75) is 84.8 Å². The van der Waals surface area contributed by atoms with E-state index in [1.165, 1.54) is 5.57 Å². The molecule has 3 N–H and O–H groups in total. The van der Waals surface area contributed by atoms with E-state index in [0.29, 0.717) is 30.6 Å². The van der Waals surface area contributed by atoms with Gasteiger partial charge in [-0.25, -0.2) is 0 Å². The summed E-state index contributed by atoms with van der Waals surface area (Å²) in [5.74, 6) is -0.959. The molecule has 7 atom stereocenters. The molecule has 4 aliphatic rings. The quantitative estimate of drug-likeness (QED) is 0.489. The molecule has 3 fully saturated rings. The standard InChI is InChI=1S/C24H36O5/c1-14-11-16-17(21(3)9-10-24(28,29)12-19(14)21)5-7-22(4)18(16)6-8-23(22,15(2)25)13-20(26)27/h12,14,16-18,28-29H,5-11,13H2,1-4H3,(H,26,27)/t14-,16+,17-,18-,21+,22-,23-/m0/s1. The zero-order valence-electron chi connectivity index (χ0n) is 18.2. The monoisotopic (exact) mass is 404 g/mol. The number of Topliss-reactive ketones (excluding diaryl/α,β-unsaturated/α-hetero) is 1. The summed E-state index contributed by atoms with van der Waals surface area (Å²) in [5.41, 5.74) is 0.154. The van der Waals surface area contributed by atoms with Crippen molar-refractivity contribution in [3.05, 3.63) is 11.6 Å². The maximum absolute atomic E-state index is 12.8. The maximum atomic E-state index is 12.8. The first-order valence-corrected chi connectivity index (χ1v) is 11.3. The Kier molecular flexibility index (Phi) is 4.64. The second kappa shape index (κ2) is 6.40. The lowest BCUT2D eigenvalue weighted by atomic mass is 9.43. The second-order valence-electron chi connectivity index (χ2n) is 11.1. The molecule has 4 rings (SSSR count). The molecule has 0 radical (unpaired) electrons. The van der Waals surface area contributed by atoms with Gasteiger partial charge in [-0.2, -0.15) is 0 Å². The van der Waals surface area contributed by atoms with Crippen LogP contribution in [0.5, 0.6) is 0 Å². The van der Waals surface area contributed by atoms with Gasteiger partial charge in [0.05, 0.1) is 6.42 Å². The average Bonchev–Trinajstić information content (AvgIpc) is 2.90. The number of allylic oxidation sites excluding steroid dienone is 1. The van der Waals surface area contributed by atoms with E-state index >= 15 is 0 Å². The van der Waals surface area contributed by atoms with Crippen LogP contribution in [0.4, 0.5) is 0 Å². The van der Waals surface area contributed by atoms with Gasteiger partial charge in [0, 0.05) is 11.8 Å². The Hall–Kier alpha value is -1.20. The van der Waals surface area contributed by atoms with Gasteiger partial charge >= 0.3 is 5.97 Å². The highest BCUT2D eigenvalue weighted by atomic mass is 16.5. The zero-order valence-corrected chi connectivity index (χ0v) is 18.2. The molecule has 0 aromatic carbocycles. The van der Waals surface area contributed by atoms with Crippen molar-refractivity contribution in [3.8, 4) is 0 Å². The fraction of sp³-hybridized carbons (Fsp3) is 0.833. The van der Waals surface area contributed by atoms with Gasteiger partial charge in [0.25, 0.3) is 0 Å². The Labute approximate surface area is 173 Å². The third-order valence-corrected chi connectivity index (χ3v) is 9.96. The molecule has 0 heterocycles. The van der Waals surface area contributed by atoms with Crippen molar-refractivity contribution in [3.63, 3.8) is 0 Å². The van der Waals surface area contributed by atoms with Crippen LogP contribution in [0.2, 0.25) is 0 Å². The van der Waals surface area contributed by atoms with Gasteiger partial charge in [0.15, 0.2) is 5.79 Å². The summed E-state index contributed by atoms with van der Waals surface area (Å²) in [7, 11) is 0. The van der Waals surface area contributed by atoms with Crippen molar-refractivity contribution >= 4 is 11.8 Å². The number of ketones is 1. The van der Waals surface area contributed by atoms with Gasteiger partial charge in [-0.1, -0.05) is 26.3 Å². The lowest BCUT2D eigenvalue weighted by molar-refractivity contribution is -0.160. The Bertz CT molecular complexity index is 769. The summed E-state index contributed by atoms with van der Waals surface area (Å²) >= 11 is 0. The minimum absolute atomic E-state index is 0.0348. The molecule has 0 aromatic rings. The summed E-state index contributed by atoms with van der Waals surface area (Å²) in [4.78, 5) is 24.5. The molecular formula is C24H36O5. The number of carbonyl (C=O) groups is 2. The molecule has 0 bridgehead atoms. The minimum atomic E-state index is -1.70. The van der Waals surface area contributed by atoms with Gasteiger partial charge in [-0.05, 0) is 86.0 Å². The Morgan fingerprint density at radius 1 is 1.07 bits per heavy atom. The number of fused-ring (bicyclic) bond motifs is 5. The number of hydrogen-bond donors (Lipinski definition) is 3. The smallest absolute Gasteiger partial charge is 0.304 e. The van der Waals surface area contributed by atoms with Crippen LogP contribution in [0.25, 0.3) is 0 Å². The number of aliphatic hydroxyl groups is 2. The number of rotatable bonds is 3. The molecule has 0 aromatic heterocycles. The molecule has 3 saturated carbocycles. The van der Waals surface area contributed by atoms with Crippen LogP contribution < -0.4 is 0 Å². The zero-order chi connectivity index (χ0) is 21.4. The molecule has 0 aliphatic heterocycles. The number of carboxylic acids is 1. The van der Waals surface area contributed by atoms with Crippen LogP contribution in [0.1, 0.15) is 79.1 Å². The lowest BCUT2D eigenvalue weighted by Gasteiger charge is -2.61. The Morgan fingerprint density at radius 3 is 2.34 bits per heavy atom. The Morgan fingerprint density at radius 2 is 1.72 bits per heavy atom. The van der Waals surface area contributed by atoms with E-state index in [-0.39, 0.29) is 29.0 Å². The summed E-state index contributed by atoms with van der Waals surface area (Å²) in [5, 5.41) is 30.1. The van der Waals surface area contributed by atoms with Crippen molar-refractivity contribution in [1.29, 1.82) is 0 Å². The SMILES string of the molecule is CC(=O)[C@@]1(CC(=O)O)CC[C@H]2[C@@H]3C[C@H](C)C4=CC(O)(O)CC[C@]4(C)[C@H]3CC[C@@]21C. The molecule has 29 heavy (non-hydrogen) atoms. The van der Waals surface area contributed by atoms with Crippen molar-refractivity contribution in [2.75, 3.05) is 0 Å². The topological polar surface area (TPSA) is 94.8 Å². The normalized spacial score (nSPS) is 48.1. The molecule has 0 spiro atoms. The fourth-order valence-electron chi connectivity index (χ4n) is 8.51. The number of aliphatic carboxylic acids is 1. The van der Waals surface area contributed by atoms with E-state index in [1.54, 1.807) is 13.0 Å². The molecular weight excluding hydrogens is 368 g/mol. The van der Waals surface area contributed by atoms with Crippen molar-refractivity contribution in [2.24, 2.45) is 39.9 Å². The highest BCUT2D eigenvalue weighted by Crippen LogP contribution is 2.71. The molecule has 162 valence electrons. The van der Waals surface area contributed by atoms with Crippen LogP contribution in [0.15, 0.2) is 11.6 Å². The first-order chi connectivity index (χ1) is 13.4. The van der Waals surface area contributed by atoms with Crippen LogP contribution in [0, 0.1) is 39.9 Å². The first kappa shape index (κ1) is 21.0. The van der Waals surface area contributed by atoms with Crippen molar-refractivity contribution in [1.82, 2.24) is 0 Å². The highest BCUT2D eigenvalue weighted by molar-refractivity contribution is 5.88. The summed E-state index contributed by atoms with van der Waals surface area (Å²) in [6.07, 6.45) is 7.26. The minimum Gasteiger partial charge on any atom is -0.481 e. The predicted octanol–water partition coefficient (Wildman–Crippen LogP) is 3.93. The van der Waals surface area contributed by atoms with E-state index in [4.69, 9.17) is 0 Å². The molecule has 5 heteroatoms. The van der Waals surface area contributed by atoms with Crippen LogP contribution in [-0.2, 0) is 9.59 Å². The largest absolute Gasteiger partial charge is 0.481 e. The van der Waals surface area contributed by atoms with Crippen molar-refractivity contribution < 1.29 is 24.9 Å². The molecule has 0 unspecified atom stereocenters. The first-order valence-electron chi connectivity index (χ1n) is 11.3. The lowest BCUT2D eigenvalue weighted by Crippen LogP contribution is -2.56. The summed E-state index contributed by atoms with van der Waals surface area (Å²) in [6, 6.07) is 0. The van der Waals surface area contributed by atoms with Crippen LogP contribution >= 0.6 is 0 Å². The highest BCUT2D eigenvalue weighted by Gasteiger charge is 2.66. The van der Waals surface area contributed by atoms with Gasteiger partial charge in [-0.3, -0.25) is 9.59 Å².